The molecule has 8 bridgehead atoms. The van der Waals surface area contributed by atoms with Gasteiger partial charge in [-0.2, -0.15) is 0 Å². The molecule has 12 nitrogen and oxygen atoms in total. The minimum absolute atomic E-state index is 0. The molecular weight excluding hydrogens is 879 g/mol. The number of carboxylic acids is 4. The number of carboxylic acid groups (broad SMARTS) is 4. The molecule has 61 heavy (non-hydrogen) atoms. The molecule has 0 atom stereocenters. The van der Waals surface area contributed by atoms with Crippen LogP contribution in [0.3, 0.4) is 0 Å². The molecule has 2 radical (unpaired) electrons. The van der Waals surface area contributed by atoms with Gasteiger partial charge in [0.15, 0.2) is 0 Å². The number of hydrogen-bond donors (Lipinski definition) is 6. The number of aromatic amines is 2. The van der Waals surface area contributed by atoms with Crippen molar-refractivity contribution in [3.8, 4) is 33.4 Å². The minimum atomic E-state index is -1.11. The Hall–Kier alpha value is -7.84. The zero-order valence-electron chi connectivity index (χ0n) is 31.9. The Morgan fingerprint density at radius 1 is 0.426 bits per heavy atom. The van der Waals surface area contributed by atoms with Gasteiger partial charge in [0.25, 0.3) is 0 Å². The normalized spacial score (nSPS) is 11.7. The third-order valence-corrected chi connectivity index (χ3v) is 10.3. The molecule has 2 aliphatic rings. The number of carbonyl (C=O) groups is 4. The molecule has 3 aromatic heterocycles. The van der Waals surface area contributed by atoms with Gasteiger partial charge in [0.1, 0.15) is 0 Å². The molecule has 296 valence electrons. The third-order valence-electron chi connectivity index (χ3n) is 10.3. The Balaban J connectivity index is 0.00000514. The van der Waals surface area contributed by atoms with E-state index in [1.807, 2.05) is 48.6 Å². The van der Waals surface area contributed by atoms with Gasteiger partial charge in [0.2, 0.25) is 0 Å². The van der Waals surface area contributed by atoms with Crippen LogP contribution in [-0.2, 0) is 0 Å². The number of aromatic carboxylic acids is 4. The Morgan fingerprint density at radius 3 is 1.31 bits per heavy atom. The van der Waals surface area contributed by atoms with E-state index in [4.69, 9.17) is 9.97 Å². The van der Waals surface area contributed by atoms with Crippen LogP contribution in [0.4, 0.5) is 0 Å². The molecule has 4 aromatic carbocycles. The zero-order valence-corrected chi connectivity index (χ0v) is 35.9. The molecule has 0 saturated heterocycles. The van der Waals surface area contributed by atoms with Crippen molar-refractivity contribution in [1.82, 2.24) is 19.9 Å². The predicted octanol–water partition coefficient (Wildman–Crippen LogP) is 8.95. The van der Waals surface area contributed by atoms with Gasteiger partial charge in [-0.3, -0.25) is 0 Å². The maximum atomic E-state index is 12.1. The summed E-state index contributed by atoms with van der Waals surface area (Å²) in [5, 5.41) is 39.2. The van der Waals surface area contributed by atoms with E-state index < -0.39 is 23.9 Å². The van der Waals surface area contributed by atoms with Crippen LogP contribution >= 0.6 is 0 Å². The Bertz CT molecular complexity index is 3180. The molecule has 9 rings (SSSR count). The van der Waals surface area contributed by atoms with E-state index in [2.05, 4.69) is 9.97 Å². The van der Waals surface area contributed by atoms with Crippen LogP contribution in [-0.4, -0.2) is 88.1 Å². The van der Waals surface area contributed by atoms with E-state index in [0.29, 0.717) is 78.3 Å². The molecule has 0 spiro atoms. The van der Waals surface area contributed by atoms with Gasteiger partial charge in [0, 0.05) is 38.8 Å². The molecule has 6 N–H and O–H groups in total. The molecule has 5 heterocycles. The van der Waals surface area contributed by atoms with Gasteiger partial charge < -0.3 is 30.4 Å². The van der Waals surface area contributed by atoms with Crippen molar-refractivity contribution in [2.24, 2.45) is 0 Å². The summed E-state index contributed by atoms with van der Waals surface area (Å²) in [6, 6.07) is 35.1. The maximum absolute atomic E-state index is 12.1. The molecule has 7 aromatic rings. The molecule has 0 fully saturated rings. The SMILES string of the molecule is O=C(O)c1ccc(C2=Cc3cc4ccc(cc5nc(cc6[nH]c(c(-c7ccc(C(=O)O)cc7)c2n3)c(-c2ccc(C(=O)O)cc2)c6-c2ccc(C(=O)O)cc2)C=C5)[nH]4)cc1.[SnH2]. The number of nitrogens with one attached hydrogen (secondary N) is 2. The van der Waals surface area contributed by atoms with Crippen LogP contribution in [0.1, 0.15) is 69.8 Å². The van der Waals surface area contributed by atoms with Crippen molar-refractivity contribution in [2.45, 2.75) is 0 Å². The fraction of sp³-hybridized carbons (Fsp3) is 0. The molecular formula is C48H32N4O8Sn. The molecule has 0 amide bonds. The van der Waals surface area contributed by atoms with Crippen LogP contribution in [0.15, 0.2) is 127 Å². The second kappa shape index (κ2) is 16.1. The third kappa shape index (κ3) is 7.75. The van der Waals surface area contributed by atoms with E-state index in [-0.39, 0.29) is 46.2 Å². The molecule has 0 aliphatic carbocycles. The van der Waals surface area contributed by atoms with E-state index in [1.165, 1.54) is 48.5 Å². The summed E-state index contributed by atoms with van der Waals surface area (Å²) in [6.45, 7) is 0. The van der Waals surface area contributed by atoms with Gasteiger partial charge in [-0.05, 0) is 119 Å². The first-order valence-corrected chi connectivity index (χ1v) is 18.5. The molecule has 13 heteroatoms. The molecule has 0 unspecified atom stereocenters. The van der Waals surface area contributed by atoms with Crippen molar-refractivity contribution >= 4 is 93.7 Å². The summed E-state index contributed by atoms with van der Waals surface area (Å²) >= 11 is 0. The summed E-state index contributed by atoms with van der Waals surface area (Å²) < 4.78 is 0. The van der Waals surface area contributed by atoms with Crippen molar-refractivity contribution in [1.29, 1.82) is 0 Å². The summed E-state index contributed by atoms with van der Waals surface area (Å²) in [5.74, 6) is -4.39. The standard InChI is InChI=1S/C48H30N4O8.Sn.2H/c53-45(54)29-9-1-25(2-10-29)38-23-37-22-35-18-17-33(49-35)21-34-19-20-36(50-34)24-39-40(26-3-11-30(12-4-26)46(55)56)41(27-5-13-31(14-6-27)47(57)58)44(52-39)42(43(38)51-37)28-7-15-32(16-8-28)48(59)60;;;/h1-24,49,52H,(H,53,54)(H,55,56)(H,57,58)(H,59,60);;;. The van der Waals surface area contributed by atoms with Gasteiger partial charge in [0.05, 0.1) is 50.5 Å². The Morgan fingerprint density at radius 2 is 0.836 bits per heavy atom. The number of H-pyrrole nitrogens is 2. The molecule has 2 aliphatic heterocycles. The van der Waals surface area contributed by atoms with Crippen molar-refractivity contribution < 1.29 is 39.6 Å². The predicted molar refractivity (Wildman–Crippen MR) is 236 cm³/mol. The summed E-state index contributed by atoms with van der Waals surface area (Å²) in [6.07, 6.45) is 5.66. The summed E-state index contributed by atoms with van der Waals surface area (Å²) in [5.41, 5.74) is 10.2. The Labute approximate surface area is 362 Å². The summed E-state index contributed by atoms with van der Waals surface area (Å²) in [4.78, 5) is 65.2. The first-order valence-electron chi connectivity index (χ1n) is 18.5. The zero-order chi connectivity index (χ0) is 41.7. The van der Waals surface area contributed by atoms with Crippen molar-refractivity contribution in [3.05, 3.63) is 178 Å². The number of nitrogens with zero attached hydrogens (tertiary/aromatic N) is 2. The van der Waals surface area contributed by atoms with E-state index in [1.54, 1.807) is 48.5 Å². The van der Waals surface area contributed by atoms with Crippen molar-refractivity contribution in [3.63, 3.8) is 0 Å². The van der Waals surface area contributed by atoms with Crippen LogP contribution in [0.25, 0.3) is 79.2 Å². The van der Waals surface area contributed by atoms with Crippen LogP contribution < -0.4 is 0 Å². The second-order valence-electron chi connectivity index (χ2n) is 14.1. The second-order valence-corrected chi connectivity index (χ2v) is 14.1. The first kappa shape index (κ1) is 40.0. The van der Waals surface area contributed by atoms with Crippen LogP contribution in [0.5, 0.6) is 0 Å². The fourth-order valence-corrected chi connectivity index (χ4v) is 7.48. The first-order chi connectivity index (χ1) is 29.0. The van der Waals surface area contributed by atoms with E-state index >= 15 is 0 Å². The number of fused-ring (bicyclic) bond motifs is 8. The van der Waals surface area contributed by atoms with Gasteiger partial charge in [-0.1, -0.05) is 48.5 Å². The quantitative estimate of drug-likeness (QED) is 0.0798. The van der Waals surface area contributed by atoms with Crippen LogP contribution in [0, 0.1) is 0 Å². The average Bonchev–Trinajstić information content (AvgIpc) is 4.06. The summed E-state index contributed by atoms with van der Waals surface area (Å²) in [7, 11) is 0. The topological polar surface area (TPSA) is 207 Å². The van der Waals surface area contributed by atoms with Crippen LogP contribution in [0.2, 0.25) is 0 Å². The number of aromatic nitrogens is 4. The van der Waals surface area contributed by atoms with Gasteiger partial charge in [-0.25, -0.2) is 29.1 Å². The average molecular weight is 912 g/mol. The number of rotatable bonds is 8. The number of benzene rings is 4. The van der Waals surface area contributed by atoms with E-state index in [0.717, 1.165) is 11.0 Å². The van der Waals surface area contributed by atoms with Gasteiger partial charge in [-0.15, -0.1) is 0 Å². The van der Waals surface area contributed by atoms with E-state index in [9.17, 15) is 39.6 Å². The Kier molecular flexibility index (Phi) is 10.5. The molecule has 0 saturated carbocycles. The monoisotopic (exact) mass is 912 g/mol. The number of hydrogen-bond acceptors (Lipinski definition) is 6. The fourth-order valence-electron chi connectivity index (χ4n) is 7.48. The van der Waals surface area contributed by atoms with Crippen molar-refractivity contribution in [2.75, 3.05) is 0 Å². The van der Waals surface area contributed by atoms with Gasteiger partial charge >= 0.3 is 47.8 Å².